The van der Waals surface area contributed by atoms with Crippen LogP contribution in [-0.2, 0) is 13.1 Å². The Bertz CT molecular complexity index is 499. The minimum absolute atomic E-state index is 0.237. The lowest BCUT2D eigenvalue weighted by Gasteiger charge is -2.07. The Morgan fingerprint density at radius 3 is 3.00 bits per heavy atom. The van der Waals surface area contributed by atoms with Gasteiger partial charge < -0.3 is 10.1 Å². The fraction of sp³-hybridized carbons (Fsp3) is 0.357. The second-order valence-corrected chi connectivity index (χ2v) is 4.26. The average Bonchev–Trinajstić information content (AvgIpc) is 2.93. The van der Waals surface area contributed by atoms with Crippen LogP contribution in [0.25, 0.3) is 0 Å². The Morgan fingerprint density at radius 1 is 1.42 bits per heavy atom. The molecule has 0 aliphatic carbocycles. The summed E-state index contributed by atoms with van der Waals surface area (Å²) >= 11 is 0. The van der Waals surface area contributed by atoms with Crippen molar-refractivity contribution >= 4 is 0 Å². The molecule has 0 bridgehead atoms. The summed E-state index contributed by atoms with van der Waals surface area (Å²) in [5.74, 6) is 0.304. The van der Waals surface area contributed by atoms with Gasteiger partial charge in [0.15, 0.2) is 0 Å². The Kier molecular flexibility index (Phi) is 4.92. The standard InChI is InChI=1S/C14H18FN3O/c1-19-13-5-4-12(14(15)10-13)11-16-6-2-8-18-9-3-7-17-18/h3-5,7,9-10,16H,2,6,8,11H2,1H3. The van der Waals surface area contributed by atoms with Crippen LogP contribution in [0.1, 0.15) is 12.0 Å². The second-order valence-electron chi connectivity index (χ2n) is 4.26. The van der Waals surface area contributed by atoms with Crippen molar-refractivity contribution in [1.82, 2.24) is 15.1 Å². The van der Waals surface area contributed by atoms with E-state index in [4.69, 9.17) is 4.74 Å². The summed E-state index contributed by atoms with van der Waals surface area (Å²) in [5.41, 5.74) is 0.653. The van der Waals surface area contributed by atoms with Gasteiger partial charge in [-0.2, -0.15) is 5.10 Å². The molecular formula is C14H18FN3O. The summed E-state index contributed by atoms with van der Waals surface area (Å²) in [6, 6.07) is 6.82. The molecule has 0 fully saturated rings. The number of hydrogen-bond acceptors (Lipinski definition) is 3. The van der Waals surface area contributed by atoms with E-state index in [0.717, 1.165) is 19.5 Å². The lowest BCUT2D eigenvalue weighted by Crippen LogP contribution is -2.17. The van der Waals surface area contributed by atoms with Crippen LogP contribution in [-0.4, -0.2) is 23.4 Å². The molecule has 0 amide bonds. The molecule has 0 saturated carbocycles. The number of hydrogen-bond donors (Lipinski definition) is 1. The zero-order valence-corrected chi connectivity index (χ0v) is 11.0. The van der Waals surface area contributed by atoms with Crippen LogP contribution >= 0.6 is 0 Å². The van der Waals surface area contributed by atoms with E-state index >= 15 is 0 Å². The number of aromatic nitrogens is 2. The third kappa shape index (κ3) is 4.06. The molecule has 0 spiro atoms. The fourth-order valence-corrected chi connectivity index (χ4v) is 1.82. The van der Waals surface area contributed by atoms with E-state index < -0.39 is 0 Å². The van der Waals surface area contributed by atoms with Gasteiger partial charge in [-0.05, 0) is 25.1 Å². The third-order valence-electron chi connectivity index (χ3n) is 2.88. The van der Waals surface area contributed by atoms with Gasteiger partial charge in [0.25, 0.3) is 0 Å². The molecule has 1 heterocycles. The van der Waals surface area contributed by atoms with E-state index in [1.54, 1.807) is 18.3 Å². The van der Waals surface area contributed by atoms with Crippen LogP contribution in [0.3, 0.4) is 0 Å². The molecule has 0 radical (unpaired) electrons. The first-order valence-corrected chi connectivity index (χ1v) is 6.30. The van der Waals surface area contributed by atoms with E-state index in [1.807, 2.05) is 16.9 Å². The van der Waals surface area contributed by atoms with Gasteiger partial charge in [-0.15, -0.1) is 0 Å². The van der Waals surface area contributed by atoms with Crippen LogP contribution in [0, 0.1) is 5.82 Å². The van der Waals surface area contributed by atoms with Gasteiger partial charge in [0.2, 0.25) is 0 Å². The number of nitrogens with one attached hydrogen (secondary N) is 1. The van der Waals surface area contributed by atoms with Crippen LogP contribution in [0.15, 0.2) is 36.7 Å². The number of benzene rings is 1. The molecule has 0 atom stereocenters. The largest absolute Gasteiger partial charge is 0.497 e. The summed E-state index contributed by atoms with van der Waals surface area (Å²) in [6.07, 6.45) is 4.66. The van der Waals surface area contributed by atoms with Crippen LogP contribution < -0.4 is 10.1 Å². The van der Waals surface area contributed by atoms with E-state index in [0.29, 0.717) is 17.9 Å². The van der Waals surface area contributed by atoms with Gasteiger partial charge in [-0.1, -0.05) is 6.07 Å². The minimum atomic E-state index is -0.237. The molecule has 0 unspecified atom stereocenters. The van der Waals surface area contributed by atoms with E-state index in [2.05, 4.69) is 10.4 Å². The topological polar surface area (TPSA) is 39.1 Å². The summed E-state index contributed by atoms with van der Waals surface area (Å²) in [6.45, 7) is 2.21. The Morgan fingerprint density at radius 2 is 2.32 bits per heavy atom. The smallest absolute Gasteiger partial charge is 0.131 e. The molecule has 0 aliphatic heterocycles. The Balaban J connectivity index is 1.70. The highest BCUT2D eigenvalue weighted by Gasteiger charge is 2.03. The van der Waals surface area contributed by atoms with Gasteiger partial charge in [-0.3, -0.25) is 4.68 Å². The first-order valence-electron chi connectivity index (χ1n) is 6.30. The maximum atomic E-state index is 13.6. The lowest BCUT2D eigenvalue weighted by atomic mass is 10.2. The van der Waals surface area contributed by atoms with Crippen LogP contribution in [0.4, 0.5) is 4.39 Å². The van der Waals surface area contributed by atoms with Crippen molar-refractivity contribution in [2.45, 2.75) is 19.5 Å². The SMILES string of the molecule is COc1ccc(CNCCCn2cccn2)c(F)c1. The lowest BCUT2D eigenvalue weighted by molar-refractivity contribution is 0.410. The minimum Gasteiger partial charge on any atom is -0.497 e. The second kappa shape index (κ2) is 6.89. The number of ether oxygens (including phenoxy) is 1. The first kappa shape index (κ1) is 13.5. The molecule has 4 nitrogen and oxygen atoms in total. The van der Waals surface area contributed by atoms with E-state index in [1.165, 1.54) is 13.2 Å². The molecular weight excluding hydrogens is 245 g/mol. The molecule has 2 aromatic rings. The quantitative estimate of drug-likeness (QED) is 0.778. The van der Waals surface area contributed by atoms with Crippen molar-refractivity contribution in [2.75, 3.05) is 13.7 Å². The van der Waals surface area contributed by atoms with Gasteiger partial charge in [0, 0.05) is 37.1 Å². The van der Waals surface area contributed by atoms with Crippen molar-refractivity contribution in [3.05, 3.63) is 48.0 Å². The van der Waals surface area contributed by atoms with Gasteiger partial charge in [0.1, 0.15) is 11.6 Å². The predicted molar refractivity (Wildman–Crippen MR) is 71.5 cm³/mol. The molecule has 0 aliphatic rings. The summed E-state index contributed by atoms with van der Waals surface area (Å²) in [4.78, 5) is 0. The van der Waals surface area contributed by atoms with Crippen LogP contribution in [0.5, 0.6) is 5.75 Å². The number of rotatable bonds is 7. The van der Waals surface area contributed by atoms with Gasteiger partial charge in [0.05, 0.1) is 7.11 Å². The van der Waals surface area contributed by atoms with Crippen molar-refractivity contribution < 1.29 is 9.13 Å². The van der Waals surface area contributed by atoms with Crippen LogP contribution in [0.2, 0.25) is 0 Å². The molecule has 1 aromatic heterocycles. The normalized spacial score (nSPS) is 10.6. The van der Waals surface area contributed by atoms with E-state index in [-0.39, 0.29) is 5.82 Å². The number of halogens is 1. The third-order valence-corrected chi connectivity index (χ3v) is 2.88. The highest BCUT2D eigenvalue weighted by Crippen LogP contribution is 2.15. The summed E-state index contributed by atoms with van der Waals surface area (Å²) < 4.78 is 20.5. The van der Waals surface area contributed by atoms with Crippen molar-refractivity contribution in [2.24, 2.45) is 0 Å². The average molecular weight is 263 g/mol. The molecule has 102 valence electrons. The molecule has 1 aromatic carbocycles. The molecule has 2 rings (SSSR count). The van der Waals surface area contributed by atoms with Crippen molar-refractivity contribution in [3.8, 4) is 5.75 Å². The molecule has 0 saturated heterocycles. The van der Waals surface area contributed by atoms with E-state index in [9.17, 15) is 4.39 Å². The highest BCUT2D eigenvalue weighted by atomic mass is 19.1. The van der Waals surface area contributed by atoms with Crippen molar-refractivity contribution in [3.63, 3.8) is 0 Å². The molecule has 1 N–H and O–H groups in total. The van der Waals surface area contributed by atoms with Gasteiger partial charge >= 0.3 is 0 Å². The predicted octanol–water partition coefficient (Wildman–Crippen LogP) is 2.21. The Hall–Kier alpha value is -1.88. The maximum absolute atomic E-state index is 13.6. The number of aryl methyl sites for hydroxylation is 1. The maximum Gasteiger partial charge on any atom is 0.131 e. The molecule has 5 heteroatoms. The van der Waals surface area contributed by atoms with Gasteiger partial charge in [-0.25, -0.2) is 4.39 Å². The number of methoxy groups -OCH3 is 1. The zero-order chi connectivity index (χ0) is 13.5. The summed E-state index contributed by atoms with van der Waals surface area (Å²) in [5, 5.41) is 7.34. The molecule has 19 heavy (non-hydrogen) atoms. The van der Waals surface area contributed by atoms with Crippen molar-refractivity contribution in [1.29, 1.82) is 0 Å². The first-order chi connectivity index (χ1) is 9.29. The Labute approximate surface area is 112 Å². The zero-order valence-electron chi connectivity index (χ0n) is 11.0. The summed E-state index contributed by atoms with van der Waals surface area (Å²) in [7, 11) is 1.53. The fourth-order valence-electron chi connectivity index (χ4n) is 1.82. The monoisotopic (exact) mass is 263 g/mol. The highest BCUT2D eigenvalue weighted by molar-refractivity contribution is 5.28. The number of nitrogens with zero attached hydrogens (tertiary/aromatic N) is 2.